The van der Waals surface area contributed by atoms with E-state index in [-0.39, 0.29) is 6.10 Å². The molecule has 0 aliphatic heterocycles. The third-order valence-corrected chi connectivity index (χ3v) is 3.79. The van der Waals surface area contributed by atoms with Crippen LogP contribution in [0.4, 0.5) is 5.82 Å². The number of hydrogen-bond donors (Lipinski definition) is 1. The van der Waals surface area contributed by atoms with Crippen LogP contribution >= 0.6 is 11.3 Å². The fourth-order valence-corrected chi connectivity index (χ4v) is 2.74. The van der Waals surface area contributed by atoms with Gasteiger partial charge in [0.25, 0.3) is 0 Å². The van der Waals surface area contributed by atoms with E-state index < -0.39 is 0 Å². The molecule has 5 nitrogen and oxygen atoms in total. The summed E-state index contributed by atoms with van der Waals surface area (Å²) in [7, 11) is 1.71. The number of fused-ring (bicyclic) bond motifs is 1. The zero-order chi connectivity index (χ0) is 13.8. The highest BCUT2D eigenvalue weighted by molar-refractivity contribution is 7.07. The molecule has 6 heteroatoms. The number of aromatic nitrogens is 3. The fourth-order valence-electron chi connectivity index (χ4n) is 2.03. The first-order valence-corrected chi connectivity index (χ1v) is 7.16. The zero-order valence-electron chi connectivity index (χ0n) is 11.0. The smallest absolute Gasteiger partial charge is 0.137 e. The molecular formula is C14H14N4OS. The SMILES string of the molecule is COC(CNc1ncnc2cnccc12)c1ccsc1. The molecule has 0 aliphatic carbocycles. The number of anilines is 1. The van der Waals surface area contributed by atoms with Gasteiger partial charge < -0.3 is 10.1 Å². The average molecular weight is 286 g/mol. The molecule has 0 radical (unpaired) electrons. The van der Waals surface area contributed by atoms with Gasteiger partial charge in [0.1, 0.15) is 18.2 Å². The van der Waals surface area contributed by atoms with Crippen molar-refractivity contribution in [1.29, 1.82) is 0 Å². The number of nitrogens with zero attached hydrogens (tertiary/aromatic N) is 3. The van der Waals surface area contributed by atoms with E-state index in [0.717, 1.165) is 16.7 Å². The van der Waals surface area contributed by atoms with Crippen LogP contribution in [0.15, 0.2) is 41.6 Å². The molecule has 0 bridgehead atoms. The quantitative estimate of drug-likeness (QED) is 0.781. The van der Waals surface area contributed by atoms with Crippen LogP contribution in [0.25, 0.3) is 10.9 Å². The average Bonchev–Trinajstić information content (AvgIpc) is 3.02. The van der Waals surface area contributed by atoms with Gasteiger partial charge in [0.2, 0.25) is 0 Å². The van der Waals surface area contributed by atoms with Crippen molar-refractivity contribution in [2.45, 2.75) is 6.10 Å². The number of methoxy groups -OCH3 is 1. The van der Waals surface area contributed by atoms with E-state index in [0.29, 0.717) is 6.54 Å². The molecule has 3 rings (SSSR count). The standard InChI is InChI=1S/C14H14N4OS/c1-19-13(10-3-5-20-8-10)7-16-14-11-2-4-15-6-12(11)17-9-18-14/h2-6,8-9,13H,7H2,1H3,(H,16,17,18). The minimum atomic E-state index is 0.00750. The number of pyridine rings is 1. The van der Waals surface area contributed by atoms with E-state index in [2.05, 4.69) is 31.7 Å². The van der Waals surface area contributed by atoms with Crippen molar-refractivity contribution in [3.05, 3.63) is 47.2 Å². The molecule has 3 heterocycles. The minimum Gasteiger partial charge on any atom is -0.375 e. The van der Waals surface area contributed by atoms with Crippen molar-refractivity contribution in [3.8, 4) is 0 Å². The van der Waals surface area contributed by atoms with E-state index in [9.17, 15) is 0 Å². The summed E-state index contributed by atoms with van der Waals surface area (Å²) in [5.74, 6) is 0.801. The van der Waals surface area contributed by atoms with Crippen molar-refractivity contribution < 1.29 is 4.74 Å². The Balaban J connectivity index is 1.80. The third-order valence-electron chi connectivity index (χ3n) is 3.09. The molecule has 0 amide bonds. The Morgan fingerprint density at radius 1 is 1.35 bits per heavy atom. The molecule has 0 saturated heterocycles. The number of ether oxygens (including phenoxy) is 1. The summed E-state index contributed by atoms with van der Waals surface area (Å²) in [6.45, 7) is 0.654. The molecular weight excluding hydrogens is 272 g/mol. The van der Waals surface area contributed by atoms with Crippen molar-refractivity contribution in [1.82, 2.24) is 15.0 Å². The lowest BCUT2D eigenvalue weighted by Crippen LogP contribution is -2.14. The summed E-state index contributed by atoms with van der Waals surface area (Å²) in [6.07, 6.45) is 5.02. The topological polar surface area (TPSA) is 59.9 Å². The van der Waals surface area contributed by atoms with Crippen LogP contribution in [0.5, 0.6) is 0 Å². The predicted molar refractivity (Wildman–Crippen MR) is 79.9 cm³/mol. The Labute approximate surface area is 120 Å². The summed E-state index contributed by atoms with van der Waals surface area (Å²) in [4.78, 5) is 12.6. The molecule has 0 aliphatic rings. The highest BCUT2D eigenvalue weighted by atomic mass is 32.1. The molecule has 1 N–H and O–H groups in total. The molecule has 20 heavy (non-hydrogen) atoms. The van der Waals surface area contributed by atoms with Crippen LogP contribution in [-0.4, -0.2) is 28.6 Å². The second-order valence-corrected chi connectivity index (χ2v) is 5.06. The van der Waals surface area contributed by atoms with Crippen LogP contribution in [0.3, 0.4) is 0 Å². The monoisotopic (exact) mass is 286 g/mol. The Hall–Kier alpha value is -2.05. The van der Waals surface area contributed by atoms with E-state index >= 15 is 0 Å². The minimum absolute atomic E-state index is 0.00750. The van der Waals surface area contributed by atoms with Crippen molar-refractivity contribution in [3.63, 3.8) is 0 Å². The maximum absolute atomic E-state index is 5.52. The molecule has 0 fully saturated rings. The van der Waals surface area contributed by atoms with E-state index in [1.165, 1.54) is 5.56 Å². The maximum atomic E-state index is 5.52. The van der Waals surface area contributed by atoms with Crippen LogP contribution < -0.4 is 5.32 Å². The van der Waals surface area contributed by atoms with Gasteiger partial charge in [-0.3, -0.25) is 4.98 Å². The number of hydrogen-bond acceptors (Lipinski definition) is 6. The van der Waals surface area contributed by atoms with Crippen LogP contribution in [-0.2, 0) is 4.74 Å². The van der Waals surface area contributed by atoms with Gasteiger partial charge in [0.15, 0.2) is 0 Å². The summed E-state index contributed by atoms with van der Waals surface area (Å²) in [5.41, 5.74) is 2.00. The molecule has 1 unspecified atom stereocenters. The molecule has 102 valence electrons. The van der Waals surface area contributed by atoms with E-state index in [1.54, 1.807) is 37.2 Å². The van der Waals surface area contributed by atoms with Gasteiger partial charge in [0.05, 0.1) is 11.7 Å². The first kappa shape index (κ1) is 13.0. The summed E-state index contributed by atoms with van der Waals surface area (Å²) in [5, 5.41) is 8.43. The van der Waals surface area contributed by atoms with Crippen molar-refractivity contribution in [2.24, 2.45) is 0 Å². The largest absolute Gasteiger partial charge is 0.375 e. The fraction of sp³-hybridized carbons (Fsp3) is 0.214. The Morgan fingerprint density at radius 3 is 3.10 bits per heavy atom. The third kappa shape index (κ3) is 2.61. The van der Waals surface area contributed by atoms with E-state index in [4.69, 9.17) is 4.74 Å². The molecule has 3 aromatic rings. The lowest BCUT2D eigenvalue weighted by atomic mass is 10.2. The second kappa shape index (κ2) is 5.94. The molecule has 0 saturated carbocycles. The lowest BCUT2D eigenvalue weighted by molar-refractivity contribution is 0.114. The number of nitrogens with one attached hydrogen (secondary N) is 1. The number of thiophene rings is 1. The highest BCUT2D eigenvalue weighted by Gasteiger charge is 2.12. The van der Waals surface area contributed by atoms with Gasteiger partial charge in [-0.1, -0.05) is 0 Å². The predicted octanol–water partition coefficient (Wildman–Crippen LogP) is 2.89. The van der Waals surface area contributed by atoms with Gasteiger partial charge in [-0.05, 0) is 28.5 Å². The summed E-state index contributed by atoms with van der Waals surface area (Å²) in [6, 6.07) is 3.98. The van der Waals surface area contributed by atoms with Gasteiger partial charge >= 0.3 is 0 Å². The zero-order valence-corrected chi connectivity index (χ0v) is 11.8. The lowest BCUT2D eigenvalue weighted by Gasteiger charge is -2.16. The molecule has 3 aromatic heterocycles. The normalized spacial score (nSPS) is 12.4. The first-order chi connectivity index (χ1) is 9.88. The summed E-state index contributed by atoms with van der Waals surface area (Å²) < 4.78 is 5.52. The Bertz CT molecular complexity index is 681. The molecule has 1 atom stereocenters. The molecule has 0 aromatic carbocycles. The van der Waals surface area contributed by atoms with Crippen LogP contribution in [0.1, 0.15) is 11.7 Å². The van der Waals surface area contributed by atoms with Crippen LogP contribution in [0, 0.1) is 0 Å². The molecule has 0 spiro atoms. The number of rotatable bonds is 5. The van der Waals surface area contributed by atoms with Gasteiger partial charge in [-0.15, -0.1) is 0 Å². The maximum Gasteiger partial charge on any atom is 0.137 e. The second-order valence-electron chi connectivity index (χ2n) is 4.28. The van der Waals surface area contributed by atoms with Crippen molar-refractivity contribution >= 4 is 28.1 Å². The first-order valence-electron chi connectivity index (χ1n) is 6.22. The van der Waals surface area contributed by atoms with Gasteiger partial charge in [-0.2, -0.15) is 11.3 Å². The van der Waals surface area contributed by atoms with Crippen LogP contribution in [0.2, 0.25) is 0 Å². The Kier molecular flexibility index (Phi) is 3.85. The van der Waals surface area contributed by atoms with Gasteiger partial charge in [0, 0.05) is 25.2 Å². The van der Waals surface area contributed by atoms with E-state index in [1.807, 2.05) is 11.4 Å². The van der Waals surface area contributed by atoms with Gasteiger partial charge in [-0.25, -0.2) is 9.97 Å². The Morgan fingerprint density at radius 2 is 2.30 bits per heavy atom. The summed E-state index contributed by atoms with van der Waals surface area (Å²) >= 11 is 1.67. The highest BCUT2D eigenvalue weighted by Crippen LogP contribution is 2.22. The van der Waals surface area contributed by atoms with Crippen molar-refractivity contribution in [2.75, 3.05) is 19.0 Å².